The van der Waals surface area contributed by atoms with E-state index in [1.54, 1.807) is 24.3 Å². The van der Waals surface area contributed by atoms with Crippen molar-refractivity contribution >= 4 is 43.8 Å². The van der Waals surface area contributed by atoms with E-state index in [4.69, 9.17) is 4.74 Å². The summed E-state index contributed by atoms with van der Waals surface area (Å²) in [7, 11) is 1.49. The lowest BCUT2D eigenvalue weighted by atomic mass is 9.89. The van der Waals surface area contributed by atoms with Gasteiger partial charge in [0.2, 0.25) is 0 Å². The van der Waals surface area contributed by atoms with Crippen LogP contribution in [-0.4, -0.2) is 27.6 Å². The molecule has 1 amide bonds. The molecule has 37 heavy (non-hydrogen) atoms. The number of halogens is 4. The number of nitrogens with one attached hydrogen (secondary N) is 1. The number of nitrogens with zero attached hydrogens (tertiary/aromatic N) is 4. The number of carbonyl (C=O) groups is 1. The molecule has 0 radical (unpaired) electrons. The molecular weight excluding hydrogens is 571 g/mol. The van der Waals surface area contributed by atoms with Gasteiger partial charge in [-0.25, -0.2) is 9.50 Å². The van der Waals surface area contributed by atoms with Gasteiger partial charge in [-0.3, -0.25) is 4.79 Å². The molecule has 3 heterocycles. The molecule has 190 valence electrons. The number of amides is 1. The Hall–Kier alpha value is -3.43. The van der Waals surface area contributed by atoms with Crippen LogP contribution in [0.5, 0.6) is 5.75 Å². The Kier molecular flexibility index (Phi) is 6.45. The molecule has 3 aromatic heterocycles. The van der Waals surface area contributed by atoms with Gasteiger partial charge in [-0.05, 0) is 77.0 Å². The van der Waals surface area contributed by atoms with Crippen molar-refractivity contribution in [3.8, 4) is 23.1 Å². The van der Waals surface area contributed by atoms with Crippen LogP contribution < -0.4 is 10.1 Å². The van der Waals surface area contributed by atoms with Gasteiger partial charge in [-0.2, -0.15) is 23.5 Å². The molecule has 1 N–H and O–H groups in total. The summed E-state index contributed by atoms with van der Waals surface area (Å²) in [5.74, 6) is 0.284. The Morgan fingerprint density at radius 3 is 2.70 bits per heavy atom. The smallest absolute Gasteiger partial charge is 0.433 e. The molecule has 0 unspecified atom stereocenters. The predicted molar refractivity (Wildman–Crippen MR) is 136 cm³/mol. The summed E-state index contributed by atoms with van der Waals surface area (Å²) in [6.45, 7) is 2.13. The fraction of sp³-hybridized carbons (Fsp3) is 0.280. The van der Waals surface area contributed by atoms with Crippen molar-refractivity contribution in [1.29, 1.82) is 5.26 Å². The van der Waals surface area contributed by atoms with Gasteiger partial charge >= 0.3 is 6.18 Å². The molecule has 1 aromatic carbocycles. The first-order chi connectivity index (χ1) is 17.6. The standard InChI is InChI=1S/C25H19BrF3N5O2S/c1-12-3-8-15-16(11-30)24(37-18(15)9-12)32-23(35)21-20(26)22-31-17(13-4-6-14(36-2)7-5-13)10-19(25(27,28)29)34(22)33-21/h4-7,10,12H,3,8-9H2,1-2H3,(H,32,35)/t12-/m1/s1. The van der Waals surface area contributed by atoms with Crippen LogP contribution in [0.15, 0.2) is 34.8 Å². The monoisotopic (exact) mass is 589 g/mol. The first-order valence-electron chi connectivity index (χ1n) is 11.3. The first kappa shape index (κ1) is 25.2. The molecule has 0 saturated heterocycles. The van der Waals surface area contributed by atoms with E-state index in [1.807, 2.05) is 0 Å². The minimum absolute atomic E-state index is 0.0133. The van der Waals surface area contributed by atoms with E-state index in [0.29, 0.717) is 32.3 Å². The summed E-state index contributed by atoms with van der Waals surface area (Å²) in [6.07, 6.45) is -2.25. The molecule has 0 fully saturated rings. The van der Waals surface area contributed by atoms with Gasteiger partial charge in [0.05, 0.1) is 22.8 Å². The maximum Gasteiger partial charge on any atom is 0.433 e. The van der Waals surface area contributed by atoms with E-state index in [-0.39, 0.29) is 21.5 Å². The first-order valence-corrected chi connectivity index (χ1v) is 12.9. The largest absolute Gasteiger partial charge is 0.497 e. The molecule has 0 aliphatic heterocycles. The van der Waals surface area contributed by atoms with E-state index in [0.717, 1.165) is 35.8 Å². The molecular formula is C25H19BrF3N5O2S. The highest BCUT2D eigenvalue weighted by molar-refractivity contribution is 9.10. The molecule has 0 spiro atoms. The van der Waals surface area contributed by atoms with E-state index in [9.17, 15) is 23.2 Å². The van der Waals surface area contributed by atoms with Crippen LogP contribution in [-0.2, 0) is 19.0 Å². The highest BCUT2D eigenvalue weighted by Gasteiger charge is 2.37. The molecule has 4 aromatic rings. The molecule has 5 rings (SSSR count). The van der Waals surface area contributed by atoms with E-state index in [1.165, 1.54) is 18.4 Å². The van der Waals surface area contributed by atoms with Crippen molar-refractivity contribution in [2.45, 2.75) is 32.4 Å². The maximum atomic E-state index is 14.0. The molecule has 0 saturated carbocycles. The van der Waals surface area contributed by atoms with Gasteiger partial charge in [0.25, 0.3) is 5.91 Å². The van der Waals surface area contributed by atoms with Gasteiger partial charge in [0.1, 0.15) is 16.8 Å². The van der Waals surface area contributed by atoms with Crippen LogP contribution in [0.25, 0.3) is 16.9 Å². The third-order valence-corrected chi connectivity index (χ3v) is 8.17. The second kappa shape index (κ2) is 9.46. The Balaban J connectivity index is 1.57. The van der Waals surface area contributed by atoms with Crippen LogP contribution in [0.2, 0.25) is 0 Å². The van der Waals surface area contributed by atoms with Crippen molar-refractivity contribution in [2.75, 3.05) is 12.4 Å². The van der Waals surface area contributed by atoms with Gasteiger partial charge in [0.15, 0.2) is 17.0 Å². The number of benzene rings is 1. The Labute approximate surface area is 222 Å². The summed E-state index contributed by atoms with van der Waals surface area (Å²) in [5.41, 5.74) is 0.309. The van der Waals surface area contributed by atoms with E-state index >= 15 is 0 Å². The number of nitriles is 1. The van der Waals surface area contributed by atoms with Crippen LogP contribution in [0.1, 0.15) is 45.5 Å². The zero-order chi connectivity index (χ0) is 26.5. The van der Waals surface area contributed by atoms with Gasteiger partial charge in [-0.15, -0.1) is 11.3 Å². The third-order valence-electron chi connectivity index (χ3n) is 6.27. The zero-order valence-electron chi connectivity index (χ0n) is 19.6. The molecule has 0 bridgehead atoms. The maximum absolute atomic E-state index is 14.0. The average molecular weight is 590 g/mol. The second-order valence-electron chi connectivity index (χ2n) is 8.77. The quantitative estimate of drug-likeness (QED) is 0.293. The lowest BCUT2D eigenvalue weighted by Gasteiger charge is -2.17. The van der Waals surface area contributed by atoms with Crippen molar-refractivity contribution in [1.82, 2.24) is 14.6 Å². The number of rotatable bonds is 4. The number of alkyl halides is 3. The number of thiophene rings is 1. The Morgan fingerprint density at radius 1 is 1.32 bits per heavy atom. The van der Waals surface area contributed by atoms with Crippen LogP contribution in [0.4, 0.5) is 18.2 Å². The highest BCUT2D eigenvalue weighted by Crippen LogP contribution is 2.40. The average Bonchev–Trinajstić information content (AvgIpc) is 3.39. The predicted octanol–water partition coefficient (Wildman–Crippen LogP) is 6.50. The van der Waals surface area contributed by atoms with Gasteiger partial charge in [-0.1, -0.05) is 6.92 Å². The number of fused-ring (bicyclic) bond motifs is 2. The van der Waals surface area contributed by atoms with E-state index < -0.39 is 17.8 Å². The SMILES string of the molecule is COc1ccc(-c2cc(C(F)(F)F)n3nc(C(=O)Nc4sc5c(c4C#N)CC[C@@H](C)C5)c(Br)c3n2)cc1. The lowest BCUT2D eigenvalue weighted by Crippen LogP contribution is -2.16. The van der Waals surface area contributed by atoms with Crippen molar-refractivity contribution in [3.05, 3.63) is 62.2 Å². The Bertz CT molecular complexity index is 1570. The summed E-state index contributed by atoms with van der Waals surface area (Å²) >= 11 is 4.57. The van der Waals surface area contributed by atoms with Crippen molar-refractivity contribution in [3.63, 3.8) is 0 Å². The third kappa shape index (κ3) is 4.57. The summed E-state index contributed by atoms with van der Waals surface area (Å²) < 4.78 is 47.8. The van der Waals surface area contributed by atoms with Crippen molar-refractivity contribution < 1.29 is 22.7 Å². The molecule has 1 aliphatic rings. The summed E-state index contributed by atoms with van der Waals surface area (Å²) in [5, 5.41) is 16.7. The highest BCUT2D eigenvalue weighted by atomic mass is 79.9. The number of anilines is 1. The number of ether oxygens (including phenoxy) is 1. The van der Waals surface area contributed by atoms with Crippen molar-refractivity contribution in [2.24, 2.45) is 5.92 Å². The number of hydrogen-bond acceptors (Lipinski definition) is 6. The minimum Gasteiger partial charge on any atom is -0.497 e. The molecule has 1 atom stereocenters. The van der Waals surface area contributed by atoms with Crippen LogP contribution in [0.3, 0.4) is 0 Å². The normalized spacial score (nSPS) is 15.3. The number of carbonyl (C=O) groups excluding carboxylic acids is 1. The lowest BCUT2D eigenvalue weighted by molar-refractivity contribution is -0.142. The minimum atomic E-state index is -4.76. The molecule has 1 aliphatic carbocycles. The Morgan fingerprint density at radius 2 is 2.05 bits per heavy atom. The second-order valence-corrected chi connectivity index (χ2v) is 10.7. The summed E-state index contributed by atoms with van der Waals surface area (Å²) in [6, 6.07) is 9.48. The number of hydrogen-bond donors (Lipinski definition) is 1. The topological polar surface area (TPSA) is 92.3 Å². The zero-order valence-corrected chi connectivity index (χ0v) is 22.0. The van der Waals surface area contributed by atoms with Crippen LogP contribution >= 0.6 is 27.3 Å². The fourth-order valence-electron chi connectivity index (χ4n) is 4.37. The molecule has 12 heteroatoms. The van der Waals surface area contributed by atoms with Crippen LogP contribution in [0, 0.1) is 17.2 Å². The number of aromatic nitrogens is 3. The fourth-order valence-corrected chi connectivity index (χ4v) is 6.24. The summed E-state index contributed by atoms with van der Waals surface area (Å²) in [4.78, 5) is 18.6. The molecule has 7 nitrogen and oxygen atoms in total. The number of methoxy groups -OCH3 is 1. The van der Waals surface area contributed by atoms with Gasteiger partial charge in [0, 0.05) is 10.4 Å². The van der Waals surface area contributed by atoms with Gasteiger partial charge < -0.3 is 10.1 Å². The van der Waals surface area contributed by atoms with E-state index in [2.05, 4.69) is 44.3 Å².